The molecule has 1 aliphatic carbocycles. The Morgan fingerprint density at radius 3 is 2.46 bits per heavy atom. The molecule has 0 bridgehead atoms. The van der Waals surface area contributed by atoms with Gasteiger partial charge in [0.25, 0.3) is 5.91 Å². The van der Waals surface area contributed by atoms with Crippen LogP contribution in [0.2, 0.25) is 0 Å². The van der Waals surface area contributed by atoms with Crippen LogP contribution in [0.5, 0.6) is 0 Å². The summed E-state index contributed by atoms with van der Waals surface area (Å²) in [7, 11) is 1.60. The maximum Gasteiger partial charge on any atom is 0.339 e. The van der Waals surface area contributed by atoms with Crippen molar-refractivity contribution in [1.29, 1.82) is 0 Å². The topological polar surface area (TPSA) is 88.6 Å². The predicted molar refractivity (Wildman–Crippen MR) is 129 cm³/mol. The summed E-state index contributed by atoms with van der Waals surface area (Å²) in [5.41, 5.74) is 3.40. The smallest absolute Gasteiger partial charge is 0.339 e. The molecule has 3 heterocycles. The summed E-state index contributed by atoms with van der Waals surface area (Å²) < 4.78 is 5.82. The first-order valence-electron chi connectivity index (χ1n) is 11.9. The lowest BCUT2D eigenvalue weighted by atomic mass is 9.91. The minimum Gasteiger partial charge on any atom is -0.449 e. The summed E-state index contributed by atoms with van der Waals surface area (Å²) in [5, 5.41) is 2.61. The predicted octanol–water partition coefficient (Wildman–Crippen LogP) is 3.44. The van der Waals surface area contributed by atoms with Gasteiger partial charge in [0, 0.05) is 42.9 Å². The van der Waals surface area contributed by atoms with E-state index in [0.717, 1.165) is 35.2 Å². The van der Waals surface area contributed by atoms with E-state index in [4.69, 9.17) is 4.74 Å². The molecule has 2 fully saturated rings. The lowest BCUT2D eigenvalue weighted by Gasteiger charge is -2.26. The third kappa shape index (κ3) is 3.33. The van der Waals surface area contributed by atoms with Gasteiger partial charge in [-0.2, -0.15) is 0 Å². The SMILES string of the molecule is CNC(=O)c1ccc(-c2ccc(C3(C(=O)N4CC[C@@]5(C4)OC(=O)c4ccccc45)CC3)cn2)cc1. The number of esters is 1. The minimum atomic E-state index is -0.734. The Kier molecular flexibility index (Phi) is 4.78. The maximum absolute atomic E-state index is 13.7. The van der Waals surface area contributed by atoms with Gasteiger partial charge in [0.1, 0.15) is 0 Å². The van der Waals surface area contributed by atoms with Crippen molar-refractivity contribution in [3.8, 4) is 11.3 Å². The highest BCUT2D eigenvalue weighted by Gasteiger charge is 2.57. The molecule has 2 aromatic carbocycles. The number of aromatic nitrogens is 1. The first-order chi connectivity index (χ1) is 17.0. The molecular weight excluding hydrogens is 442 g/mol. The van der Waals surface area contributed by atoms with Crippen molar-refractivity contribution in [2.75, 3.05) is 20.1 Å². The lowest BCUT2D eigenvalue weighted by Crippen LogP contribution is -2.40. The molecule has 1 saturated carbocycles. The van der Waals surface area contributed by atoms with Crippen LogP contribution in [0.25, 0.3) is 11.3 Å². The van der Waals surface area contributed by atoms with Crippen molar-refractivity contribution >= 4 is 17.8 Å². The van der Waals surface area contributed by atoms with Gasteiger partial charge in [-0.3, -0.25) is 14.6 Å². The van der Waals surface area contributed by atoms with E-state index in [2.05, 4.69) is 10.3 Å². The molecule has 2 aliphatic heterocycles. The standard InChI is InChI=1S/C28H25N3O4/c1-29-24(32)19-8-6-18(7-9-19)23-11-10-20(16-30-23)27(12-13-27)26(34)31-15-14-28(17-31)22-5-3-2-4-21(22)25(33)35-28/h2-11,16H,12-15,17H2,1H3,(H,29,32)/t28-/m0/s1. The monoisotopic (exact) mass is 467 g/mol. The fourth-order valence-electron chi connectivity index (χ4n) is 5.44. The zero-order valence-corrected chi connectivity index (χ0v) is 19.4. The van der Waals surface area contributed by atoms with E-state index in [9.17, 15) is 14.4 Å². The van der Waals surface area contributed by atoms with Crippen LogP contribution < -0.4 is 5.32 Å². The largest absolute Gasteiger partial charge is 0.449 e. The molecule has 35 heavy (non-hydrogen) atoms. The van der Waals surface area contributed by atoms with Crippen LogP contribution in [-0.2, 0) is 20.5 Å². The Labute approximate surface area is 203 Å². The van der Waals surface area contributed by atoms with Crippen LogP contribution in [0, 0.1) is 0 Å². The first-order valence-corrected chi connectivity index (χ1v) is 11.9. The van der Waals surface area contributed by atoms with E-state index >= 15 is 0 Å². The summed E-state index contributed by atoms with van der Waals surface area (Å²) in [5.74, 6) is -0.355. The normalized spacial score (nSPS) is 21.5. The highest BCUT2D eigenvalue weighted by Crippen LogP contribution is 2.52. The van der Waals surface area contributed by atoms with Crippen molar-refractivity contribution in [3.63, 3.8) is 0 Å². The molecule has 1 saturated heterocycles. The Morgan fingerprint density at radius 1 is 1.00 bits per heavy atom. The van der Waals surface area contributed by atoms with Gasteiger partial charge >= 0.3 is 5.97 Å². The number of carbonyl (C=O) groups is 3. The maximum atomic E-state index is 13.7. The van der Waals surface area contributed by atoms with Crippen molar-refractivity contribution in [3.05, 3.63) is 89.1 Å². The average Bonchev–Trinajstić information content (AvgIpc) is 3.54. The van der Waals surface area contributed by atoms with Crippen molar-refractivity contribution in [2.24, 2.45) is 0 Å². The number of hydrogen-bond acceptors (Lipinski definition) is 5. The second-order valence-corrected chi connectivity index (χ2v) is 9.58. The Bertz CT molecular complexity index is 1350. The van der Waals surface area contributed by atoms with Crippen LogP contribution in [-0.4, -0.2) is 47.8 Å². The van der Waals surface area contributed by atoms with E-state index in [-0.39, 0.29) is 17.8 Å². The molecule has 0 radical (unpaired) electrons. The molecule has 6 rings (SSSR count). The number of nitrogens with one attached hydrogen (secondary N) is 1. The van der Waals surface area contributed by atoms with E-state index in [1.807, 2.05) is 47.4 Å². The van der Waals surface area contributed by atoms with Gasteiger partial charge in [0.2, 0.25) is 5.91 Å². The van der Waals surface area contributed by atoms with Crippen molar-refractivity contribution in [2.45, 2.75) is 30.3 Å². The highest BCUT2D eigenvalue weighted by atomic mass is 16.6. The molecule has 7 nitrogen and oxygen atoms in total. The Balaban J connectivity index is 1.20. The highest BCUT2D eigenvalue weighted by molar-refractivity contribution is 5.96. The second-order valence-electron chi connectivity index (χ2n) is 9.58. The fraction of sp³-hybridized carbons (Fsp3) is 0.286. The van der Waals surface area contributed by atoms with Gasteiger partial charge in [-0.25, -0.2) is 4.79 Å². The van der Waals surface area contributed by atoms with E-state index < -0.39 is 11.0 Å². The molecule has 7 heteroatoms. The molecule has 2 amide bonds. The Hall–Kier alpha value is -4.00. The third-order valence-electron chi connectivity index (χ3n) is 7.59. The molecule has 176 valence electrons. The zero-order valence-electron chi connectivity index (χ0n) is 19.4. The summed E-state index contributed by atoms with van der Waals surface area (Å²) >= 11 is 0. The van der Waals surface area contributed by atoms with Crippen molar-refractivity contribution in [1.82, 2.24) is 15.2 Å². The van der Waals surface area contributed by atoms with Gasteiger partial charge in [0.05, 0.1) is 23.2 Å². The zero-order chi connectivity index (χ0) is 24.2. The van der Waals surface area contributed by atoms with E-state index in [1.54, 1.807) is 31.4 Å². The summed E-state index contributed by atoms with van der Waals surface area (Å²) in [6.07, 6.45) is 3.98. The quantitative estimate of drug-likeness (QED) is 0.594. The van der Waals surface area contributed by atoms with Crippen LogP contribution in [0.4, 0.5) is 0 Å². The molecule has 3 aliphatic rings. The molecule has 1 atom stereocenters. The number of amides is 2. The number of nitrogens with zero attached hydrogens (tertiary/aromatic N) is 2. The fourth-order valence-corrected chi connectivity index (χ4v) is 5.44. The van der Waals surface area contributed by atoms with Crippen LogP contribution in [0.3, 0.4) is 0 Å². The molecular formula is C28H25N3O4. The van der Waals surface area contributed by atoms with Gasteiger partial charge in [-0.1, -0.05) is 36.4 Å². The van der Waals surface area contributed by atoms with Gasteiger partial charge < -0.3 is 15.0 Å². The molecule has 1 aromatic heterocycles. The van der Waals surface area contributed by atoms with Gasteiger partial charge in [-0.15, -0.1) is 0 Å². The number of carbonyl (C=O) groups excluding carboxylic acids is 3. The van der Waals surface area contributed by atoms with Crippen LogP contribution in [0.1, 0.15) is 51.1 Å². The molecule has 1 spiro atoms. The number of likely N-dealkylation sites (tertiary alicyclic amines) is 1. The second kappa shape index (κ2) is 7.77. The lowest BCUT2D eigenvalue weighted by molar-refractivity contribution is -0.134. The number of ether oxygens (including phenoxy) is 1. The van der Waals surface area contributed by atoms with Crippen molar-refractivity contribution < 1.29 is 19.1 Å². The average molecular weight is 468 g/mol. The van der Waals surface area contributed by atoms with Crippen LogP contribution in [0.15, 0.2) is 66.9 Å². The number of pyridine rings is 1. The summed E-state index contributed by atoms with van der Waals surface area (Å²) in [6.45, 7) is 0.949. The third-order valence-corrected chi connectivity index (χ3v) is 7.59. The molecule has 1 N–H and O–H groups in total. The number of rotatable bonds is 4. The van der Waals surface area contributed by atoms with Gasteiger partial charge in [0.15, 0.2) is 5.60 Å². The summed E-state index contributed by atoms with van der Waals surface area (Å²) in [6, 6.07) is 18.7. The summed E-state index contributed by atoms with van der Waals surface area (Å²) in [4.78, 5) is 44.3. The number of benzene rings is 2. The number of fused-ring (bicyclic) bond motifs is 2. The Morgan fingerprint density at radius 2 is 1.77 bits per heavy atom. The number of hydrogen-bond donors (Lipinski definition) is 1. The van der Waals surface area contributed by atoms with E-state index in [1.165, 1.54) is 0 Å². The van der Waals surface area contributed by atoms with Crippen LogP contribution >= 0.6 is 0 Å². The minimum absolute atomic E-state index is 0.0827. The first kappa shape index (κ1) is 21.5. The molecule has 0 unspecified atom stereocenters. The van der Waals surface area contributed by atoms with Gasteiger partial charge in [-0.05, 0) is 42.7 Å². The van der Waals surface area contributed by atoms with E-state index in [0.29, 0.717) is 30.6 Å². The molecule has 3 aromatic rings.